The van der Waals surface area contributed by atoms with Crippen molar-refractivity contribution in [1.29, 1.82) is 0 Å². The first-order valence-electron chi connectivity index (χ1n) is 5.12. The van der Waals surface area contributed by atoms with Gasteiger partial charge in [-0.25, -0.2) is 13.2 Å². The Morgan fingerprint density at radius 1 is 1.59 bits per heavy atom. The number of sulfone groups is 1. The number of hydrogen-bond donors (Lipinski definition) is 0. The van der Waals surface area contributed by atoms with E-state index in [2.05, 4.69) is 9.99 Å². The first kappa shape index (κ1) is 12.3. The van der Waals surface area contributed by atoms with E-state index in [-0.39, 0.29) is 18.6 Å². The van der Waals surface area contributed by atoms with Gasteiger partial charge >= 0.3 is 5.97 Å². The fraction of sp³-hybridized carbons (Fsp3) is 0.400. The van der Waals surface area contributed by atoms with E-state index in [0.717, 1.165) is 0 Å². The van der Waals surface area contributed by atoms with Crippen molar-refractivity contribution in [1.82, 2.24) is 0 Å². The lowest BCUT2D eigenvalue weighted by Crippen LogP contribution is -2.20. The standard InChI is InChI=1S/C10H11NO4S2/c1-2-9(12)15-11-8-4-6-17(13,14)10-7(8)3-5-16-10/h3,5H,2,4,6H2,1H3/b11-8-. The van der Waals surface area contributed by atoms with Crippen LogP contribution >= 0.6 is 11.3 Å². The SMILES string of the molecule is CCC(=O)O/N=C1/CCS(=O)(=O)c2sccc21. The molecule has 2 rings (SSSR count). The van der Waals surface area contributed by atoms with Crippen LogP contribution < -0.4 is 0 Å². The predicted octanol–water partition coefficient (Wildman–Crippen LogP) is 1.58. The molecule has 2 heterocycles. The molecule has 17 heavy (non-hydrogen) atoms. The van der Waals surface area contributed by atoms with Crippen LogP contribution in [0.3, 0.4) is 0 Å². The molecule has 0 radical (unpaired) electrons. The number of carbonyl (C=O) groups excluding carboxylic acids is 1. The maximum atomic E-state index is 11.7. The summed E-state index contributed by atoms with van der Waals surface area (Å²) >= 11 is 1.17. The smallest absolute Gasteiger partial charge is 0.318 e. The second-order valence-corrected chi connectivity index (χ2v) is 6.77. The van der Waals surface area contributed by atoms with Gasteiger partial charge in [0, 0.05) is 18.4 Å². The third kappa shape index (κ3) is 2.39. The Labute approximate surface area is 103 Å². The highest BCUT2D eigenvalue weighted by Gasteiger charge is 2.29. The Hall–Kier alpha value is -1.21. The molecule has 0 bridgehead atoms. The quantitative estimate of drug-likeness (QED) is 0.606. The molecule has 0 N–H and O–H groups in total. The molecule has 0 aliphatic carbocycles. The van der Waals surface area contributed by atoms with E-state index >= 15 is 0 Å². The lowest BCUT2D eigenvalue weighted by atomic mass is 10.1. The van der Waals surface area contributed by atoms with E-state index in [9.17, 15) is 13.2 Å². The molecule has 1 aliphatic heterocycles. The predicted molar refractivity (Wildman–Crippen MR) is 63.9 cm³/mol. The number of rotatable bonds is 2. The minimum Gasteiger partial charge on any atom is -0.318 e. The molecule has 0 spiro atoms. The van der Waals surface area contributed by atoms with Crippen LogP contribution in [0, 0.1) is 0 Å². The Bertz CT molecular complexity index is 571. The van der Waals surface area contributed by atoms with Crippen molar-refractivity contribution >= 4 is 32.9 Å². The number of nitrogens with zero attached hydrogens (tertiary/aromatic N) is 1. The Balaban J connectivity index is 2.33. The summed E-state index contributed by atoms with van der Waals surface area (Å²) in [6.07, 6.45) is 0.522. The number of carbonyl (C=O) groups is 1. The van der Waals surface area contributed by atoms with Gasteiger partial charge in [-0.15, -0.1) is 11.3 Å². The summed E-state index contributed by atoms with van der Waals surface area (Å²) in [6, 6.07) is 1.69. The third-order valence-corrected chi connectivity index (χ3v) is 5.66. The summed E-state index contributed by atoms with van der Waals surface area (Å²) in [5, 5.41) is 5.44. The zero-order chi connectivity index (χ0) is 12.5. The van der Waals surface area contributed by atoms with Gasteiger partial charge in [-0.1, -0.05) is 12.1 Å². The summed E-state index contributed by atoms with van der Waals surface area (Å²) in [7, 11) is -3.18. The van der Waals surface area contributed by atoms with E-state index < -0.39 is 15.8 Å². The number of fused-ring (bicyclic) bond motifs is 1. The number of thiophene rings is 1. The van der Waals surface area contributed by atoms with Gasteiger partial charge in [0.1, 0.15) is 4.21 Å². The van der Waals surface area contributed by atoms with Crippen LogP contribution in [0.2, 0.25) is 0 Å². The fourth-order valence-electron chi connectivity index (χ4n) is 1.47. The Kier molecular flexibility index (Phi) is 3.30. The monoisotopic (exact) mass is 273 g/mol. The van der Waals surface area contributed by atoms with Crippen molar-refractivity contribution in [2.45, 2.75) is 24.0 Å². The molecule has 0 fully saturated rings. The van der Waals surface area contributed by atoms with Gasteiger partial charge in [-0.05, 0) is 11.4 Å². The van der Waals surface area contributed by atoms with Crippen LogP contribution in [0.15, 0.2) is 20.8 Å². The number of oxime groups is 1. The second-order valence-electron chi connectivity index (χ2n) is 3.55. The van der Waals surface area contributed by atoms with Crippen molar-refractivity contribution in [2.75, 3.05) is 5.75 Å². The zero-order valence-corrected chi connectivity index (χ0v) is 10.8. The molecule has 1 aromatic heterocycles. The minimum absolute atomic E-state index is 0.0169. The van der Waals surface area contributed by atoms with Crippen LogP contribution in [0.1, 0.15) is 25.3 Å². The molecule has 7 heteroatoms. The first-order valence-corrected chi connectivity index (χ1v) is 7.65. The summed E-state index contributed by atoms with van der Waals surface area (Å²) in [5.74, 6) is -0.411. The topological polar surface area (TPSA) is 72.8 Å². The van der Waals surface area contributed by atoms with Gasteiger partial charge in [0.15, 0.2) is 9.84 Å². The van der Waals surface area contributed by atoms with Crippen molar-refractivity contribution < 1.29 is 18.0 Å². The lowest BCUT2D eigenvalue weighted by molar-refractivity contribution is -0.143. The van der Waals surface area contributed by atoms with E-state index in [4.69, 9.17) is 0 Å². The van der Waals surface area contributed by atoms with E-state index in [1.54, 1.807) is 18.4 Å². The molecule has 1 aromatic rings. The highest BCUT2D eigenvalue weighted by molar-refractivity contribution is 7.93. The summed E-state index contributed by atoms with van der Waals surface area (Å²) < 4.78 is 23.8. The lowest BCUT2D eigenvalue weighted by Gasteiger charge is -2.13. The van der Waals surface area contributed by atoms with Crippen LogP contribution in [-0.2, 0) is 19.5 Å². The van der Waals surface area contributed by atoms with Gasteiger partial charge in [0.2, 0.25) is 0 Å². The molecule has 0 unspecified atom stereocenters. The molecule has 0 amide bonds. The fourth-order valence-corrected chi connectivity index (χ4v) is 4.29. The van der Waals surface area contributed by atoms with Crippen molar-refractivity contribution in [3.63, 3.8) is 0 Å². The normalized spacial score (nSPS) is 19.9. The van der Waals surface area contributed by atoms with Crippen molar-refractivity contribution in [3.8, 4) is 0 Å². The third-order valence-electron chi connectivity index (χ3n) is 2.38. The number of hydrogen-bond acceptors (Lipinski definition) is 6. The van der Waals surface area contributed by atoms with Gasteiger partial charge in [0.25, 0.3) is 0 Å². The zero-order valence-electron chi connectivity index (χ0n) is 9.17. The maximum Gasteiger partial charge on any atom is 0.334 e. The molecule has 0 saturated carbocycles. The summed E-state index contributed by atoms with van der Waals surface area (Å²) in [6.45, 7) is 1.67. The van der Waals surface area contributed by atoms with Gasteiger partial charge < -0.3 is 4.84 Å². The highest BCUT2D eigenvalue weighted by atomic mass is 32.2. The second kappa shape index (κ2) is 4.58. The largest absolute Gasteiger partial charge is 0.334 e. The van der Waals surface area contributed by atoms with Crippen LogP contribution in [0.5, 0.6) is 0 Å². The molecular weight excluding hydrogens is 262 g/mol. The van der Waals surface area contributed by atoms with E-state index in [1.807, 2.05) is 0 Å². The van der Waals surface area contributed by atoms with E-state index in [1.165, 1.54) is 11.3 Å². The molecule has 5 nitrogen and oxygen atoms in total. The highest BCUT2D eigenvalue weighted by Crippen LogP contribution is 2.30. The summed E-state index contributed by atoms with van der Waals surface area (Å²) in [5.41, 5.74) is 1.09. The van der Waals surface area contributed by atoms with E-state index in [0.29, 0.717) is 15.5 Å². The van der Waals surface area contributed by atoms with Crippen LogP contribution in [0.4, 0.5) is 0 Å². The van der Waals surface area contributed by atoms with Crippen molar-refractivity contribution in [2.24, 2.45) is 5.16 Å². The molecule has 1 aliphatic rings. The maximum absolute atomic E-state index is 11.7. The molecule has 92 valence electrons. The average Bonchev–Trinajstić information content (AvgIpc) is 2.78. The molecule has 0 atom stereocenters. The molecule has 0 aromatic carbocycles. The first-order chi connectivity index (χ1) is 8.04. The van der Waals surface area contributed by atoms with Crippen LogP contribution in [0.25, 0.3) is 0 Å². The Morgan fingerprint density at radius 2 is 2.35 bits per heavy atom. The van der Waals surface area contributed by atoms with Gasteiger partial charge in [-0.2, -0.15) is 0 Å². The van der Waals surface area contributed by atoms with Gasteiger partial charge in [0.05, 0.1) is 11.5 Å². The average molecular weight is 273 g/mol. The van der Waals surface area contributed by atoms with Crippen molar-refractivity contribution in [3.05, 3.63) is 17.0 Å². The van der Waals surface area contributed by atoms with Crippen LogP contribution in [-0.4, -0.2) is 25.9 Å². The van der Waals surface area contributed by atoms with Gasteiger partial charge in [-0.3, -0.25) is 0 Å². The molecule has 0 saturated heterocycles. The Morgan fingerprint density at radius 3 is 3.06 bits per heavy atom. The molecular formula is C10H11NO4S2. The summed E-state index contributed by atoms with van der Waals surface area (Å²) in [4.78, 5) is 15.7. The minimum atomic E-state index is -3.18.